The summed E-state index contributed by atoms with van der Waals surface area (Å²) in [6.07, 6.45) is 19.8. The van der Waals surface area contributed by atoms with E-state index in [0.717, 1.165) is 134 Å². The zero-order chi connectivity index (χ0) is 69.1. The van der Waals surface area contributed by atoms with Crippen LogP contribution in [-0.2, 0) is 0 Å². The maximum atomic E-state index is 4.38. The average Bonchev–Trinajstić information content (AvgIpc) is 1.98. The minimum Gasteiger partial charge on any atom is -0.264 e. The lowest BCUT2D eigenvalue weighted by molar-refractivity contribution is 1.09. The number of aryl methyl sites for hydroxylation is 9. The Balaban J connectivity index is 0.000000120. The van der Waals surface area contributed by atoms with Crippen molar-refractivity contribution in [3.8, 4) is 0 Å². The van der Waals surface area contributed by atoms with Crippen molar-refractivity contribution in [2.24, 2.45) is 0 Å². The van der Waals surface area contributed by atoms with Gasteiger partial charge in [0, 0.05) is 133 Å². The molecule has 0 radical (unpaired) electrons. The topological polar surface area (TPSA) is 206 Å². The van der Waals surface area contributed by atoms with Gasteiger partial charge < -0.3 is 0 Å². The van der Waals surface area contributed by atoms with Crippen LogP contribution in [0.4, 0.5) is 0 Å². The number of benzene rings is 4. The first-order chi connectivity index (χ1) is 48.2. The monoisotopic (exact) mass is 1290 g/mol. The summed E-state index contributed by atoms with van der Waals surface area (Å²) in [4.78, 5) is 67.3. The van der Waals surface area contributed by atoms with E-state index in [1.807, 2.05) is 263 Å². The molecule has 0 aliphatic heterocycles. The summed E-state index contributed by atoms with van der Waals surface area (Å²) >= 11 is 0. The molecule has 0 amide bonds. The fourth-order valence-electron chi connectivity index (χ4n) is 9.80. The zero-order valence-electron chi connectivity index (χ0n) is 56.8. The Bertz CT molecular complexity index is 4540. The SMILES string of the molecule is Cc1cc2ccccc2cn1.Cc1cc2cccnc2cn1.Cc1ccc2ccccc2n1.Cc1ccc2cccnc2n1.Cc1ccc2ccncc2n1.Cc1ccc2cnccc2n1.Cc1ccc2ncccc2n1.Cc1cnc2ccccc2n1.Cc1ncc2ccccc2n1. The number of hydrogen-bond donors (Lipinski definition) is 0. The van der Waals surface area contributed by atoms with Gasteiger partial charge in [-0.25, -0.2) is 24.9 Å². The molecule has 0 N–H and O–H groups in total. The fraction of sp³-hybridized carbons (Fsp3) is 0.108. The maximum Gasteiger partial charge on any atom is 0.159 e. The number of pyridine rings is 12. The van der Waals surface area contributed by atoms with E-state index < -0.39 is 0 Å². The van der Waals surface area contributed by atoms with Gasteiger partial charge in [-0.2, -0.15) is 0 Å². The van der Waals surface area contributed by atoms with Crippen molar-refractivity contribution >= 4 is 98.4 Å². The van der Waals surface area contributed by atoms with E-state index in [2.05, 4.69) is 116 Å². The molecule has 4 aromatic carbocycles. The smallest absolute Gasteiger partial charge is 0.159 e. The third-order valence-electron chi connectivity index (χ3n) is 14.8. The lowest BCUT2D eigenvalue weighted by Gasteiger charge is -1.96. The van der Waals surface area contributed by atoms with Gasteiger partial charge in [0.25, 0.3) is 0 Å². The van der Waals surface area contributed by atoms with Crippen LogP contribution in [0.1, 0.15) is 51.4 Å². The fourth-order valence-corrected chi connectivity index (χ4v) is 9.80. The molecular formula is C83H74N16. The Hall–Kier alpha value is -12.8. The van der Waals surface area contributed by atoms with Gasteiger partial charge in [0.2, 0.25) is 0 Å². The number of nitrogens with zero attached hydrogens (tertiary/aromatic N) is 16. The number of para-hydroxylation sites is 4. The van der Waals surface area contributed by atoms with Crippen molar-refractivity contribution in [2.75, 3.05) is 0 Å². The van der Waals surface area contributed by atoms with Crippen molar-refractivity contribution in [2.45, 2.75) is 62.3 Å². The van der Waals surface area contributed by atoms with E-state index in [-0.39, 0.29) is 0 Å². The average molecular weight is 1300 g/mol. The number of rotatable bonds is 0. The van der Waals surface area contributed by atoms with Crippen LogP contribution >= 0.6 is 0 Å². The normalized spacial score (nSPS) is 10.3. The Morgan fingerprint density at radius 2 is 0.606 bits per heavy atom. The summed E-state index contributed by atoms with van der Waals surface area (Å²) in [6, 6.07) is 72.1. The molecule has 18 aromatic rings. The second-order valence-corrected chi connectivity index (χ2v) is 22.9. The number of hydrogen-bond acceptors (Lipinski definition) is 16. The second-order valence-electron chi connectivity index (χ2n) is 22.9. The molecule has 0 spiro atoms. The van der Waals surface area contributed by atoms with E-state index in [1.165, 1.54) is 16.2 Å². The molecule has 16 nitrogen and oxygen atoms in total. The van der Waals surface area contributed by atoms with Gasteiger partial charge in [0.05, 0.1) is 67.7 Å². The Morgan fingerprint density at radius 1 is 0.182 bits per heavy atom. The van der Waals surface area contributed by atoms with E-state index in [9.17, 15) is 0 Å². The minimum absolute atomic E-state index is 0.823. The third kappa shape index (κ3) is 21.1. The molecule has 0 saturated carbocycles. The first-order valence-corrected chi connectivity index (χ1v) is 32.1. The van der Waals surface area contributed by atoms with Crippen LogP contribution in [0.3, 0.4) is 0 Å². The lowest BCUT2D eigenvalue weighted by atomic mass is 10.1. The van der Waals surface area contributed by atoms with Gasteiger partial charge in [0.15, 0.2) is 5.65 Å². The van der Waals surface area contributed by atoms with E-state index >= 15 is 0 Å². The van der Waals surface area contributed by atoms with Crippen LogP contribution in [-0.4, -0.2) is 79.7 Å². The minimum atomic E-state index is 0.823. The maximum absolute atomic E-state index is 4.38. The van der Waals surface area contributed by atoms with Crippen molar-refractivity contribution in [3.63, 3.8) is 0 Å². The quantitative estimate of drug-likeness (QED) is 0.138. The largest absolute Gasteiger partial charge is 0.264 e. The zero-order valence-corrected chi connectivity index (χ0v) is 56.8. The molecule has 16 heteroatoms. The summed E-state index contributed by atoms with van der Waals surface area (Å²) in [5, 5.41) is 9.26. The Labute approximate surface area is 575 Å². The van der Waals surface area contributed by atoms with Crippen molar-refractivity contribution < 1.29 is 0 Å². The van der Waals surface area contributed by atoms with Crippen LogP contribution in [0.2, 0.25) is 0 Å². The van der Waals surface area contributed by atoms with Crippen LogP contribution in [0.15, 0.2) is 287 Å². The predicted octanol–water partition coefficient (Wildman–Crippen LogP) is 18.7. The van der Waals surface area contributed by atoms with Crippen LogP contribution in [0, 0.1) is 62.3 Å². The second kappa shape index (κ2) is 35.1. The van der Waals surface area contributed by atoms with Gasteiger partial charge in [-0.05, 0) is 195 Å². The van der Waals surface area contributed by atoms with E-state index in [4.69, 9.17) is 0 Å². The van der Waals surface area contributed by atoms with Gasteiger partial charge in [-0.15, -0.1) is 0 Å². The molecule has 0 saturated heterocycles. The predicted molar refractivity (Wildman–Crippen MR) is 403 cm³/mol. The number of fused-ring (bicyclic) bond motifs is 9. The molecule has 0 aliphatic carbocycles. The number of aromatic nitrogens is 16. The first kappa shape index (κ1) is 69.0. The highest BCUT2D eigenvalue weighted by Gasteiger charge is 2.00. The highest BCUT2D eigenvalue weighted by atomic mass is 14.9. The summed E-state index contributed by atoms with van der Waals surface area (Å²) in [7, 11) is 0. The molecular weight excluding hydrogens is 1220 g/mol. The summed E-state index contributed by atoms with van der Waals surface area (Å²) in [5.74, 6) is 0.823. The van der Waals surface area contributed by atoms with E-state index in [0.29, 0.717) is 0 Å². The van der Waals surface area contributed by atoms with Crippen LogP contribution in [0.5, 0.6) is 0 Å². The molecule has 14 aromatic heterocycles. The molecule has 0 aliphatic rings. The standard InChI is InChI=1S/2C10H9N.7C9H8N2/c1-8-6-9-4-2-3-5-10(9)7-11-8;1-8-6-7-9-4-2-3-5-10(9)11-8;1-7-2-3-8-6-10-5-4-9(8)11-7;1-7-2-3-8-4-5-10-6-9(8)11-7;1-7-4-5-8-9(11-7)3-2-6-10-8;1-7-4-5-8-3-2-6-10-9(8)11-7;1-7-5-8-3-2-4-10-9(8)6-11-7;1-7-10-6-8-4-2-3-5-9(8)11-7;1-7-6-10-8-4-2-3-5-9(8)11-7/h2*2-7H,1H3;7*2-6H,1H3. The van der Waals surface area contributed by atoms with E-state index in [1.54, 1.807) is 49.6 Å². The van der Waals surface area contributed by atoms with Gasteiger partial charge in [0.1, 0.15) is 5.82 Å². The molecule has 14 heterocycles. The molecule has 0 fully saturated rings. The molecule has 0 atom stereocenters. The summed E-state index contributed by atoms with van der Waals surface area (Å²) < 4.78 is 0. The van der Waals surface area contributed by atoms with Gasteiger partial charge in [-0.1, -0.05) is 91.0 Å². The van der Waals surface area contributed by atoms with Crippen molar-refractivity contribution in [1.29, 1.82) is 0 Å². The van der Waals surface area contributed by atoms with Crippen LogP contribution in [0.25, 0.3) is 98.4 Å². The summed E-state index contributed by atoms with van der Waals surface area (Å²) in [6.45, 7) is 17.7. The first-order valence-electron chi connectivity index (χ1n) is 32.1. The molecule has 99 heavy (non-hydrogen) atoms. The third-order valence-corrected chi connectivity index (χ3v) is 14.8. The van der Waals surface area contributed by atoms with Crippen molar-refractivity contribution in [3.05, 3.63) is 338 Å². The highest BCUT2D eigenvalue weighted by molar-refractivity contribution is 5.83. The lowest BCUT2D eigenvalue weighted by Crippen LogP contribution is -1.86. The van der Waals surface area contributed by atoms with Crippen LogP contribution < -0.4 is 0 Å². The van der Waals surface area contributed by atoms with Gasteiger partial charge >= 0.3 is 0 Å². The summed E-state index contributed by atoms with van der Waals surface area (Å²) in [5.41, 5.74) is 18.0. The highest BCUT2D eigenvalue weighted by Crippen LogP contribution is 2.16. The van der Waals surface area contributed by atoms with Gasteiger partial charge in [-0.3, -0.25) is 54.8 Å². The molecule has 18 rings (SSSR count). The molecule has 0 unspecified atom stereocenters. The molecule has 0 bridgehead atoms. The van der Waals surface area contributed by atoms with Crippen molar-refractivity contribution in [1.82, 2.24) is 79.7 Å². The Morgan fingerprint density at radius 3 is 1.32 bits per heavy atom. The Kier molecular flexibility index (Phi) is 24.5. The molecule has 486 valence electrons.